The summed E-state index contributed by atoms with van der Waals surface area (Å²) >= 11 is 1.59. The average molecular weight is 556 g/mol. The Bertz CT molecular complexity index is 1150. The van der Waals surface area contributed by atoms with Gasteiger partial charge >= 0.3 is 6.09 Å². The van der Waals surface area contributed by atoms with Crippen molar-refractivity contribution in [2.75, 3.05) is 17.3 Å². The number of alkyl carbamates (subject to hydrolysis) is 1. The lowest BCUT2D eigenvalue weighted by Crippen LogP contribution is -2.54. The summed E-state index contributed by atoms with van der Waals surface area (Å²) < 4.78 is 5.46. The molecule has 0 aliphatic heterocycles. The van der Waals surface area contributed by atoms with E-state index in [1.807, 2.05) is 84.2 Å². The Hall–Kier alpha value is -3.00. The summed E-state index contributed by atoms with van der Waals surface area (Å²) in [5.41, 5.74) is 4.63. The lowest BCUT2D eigenvalue weighted by Gasteiger charge is -2.38. The van der Waals surface area contributed by atoms with Crippen LogP contribution in [0.2, 0.25) is 0 Å². The number of carbonyl (C=O) groups is 3. The minimum atomic E-state index is -0.908. The van der Waals surface area contributed by atoms with Crippen molar-refractivity contribution in [3.63, 3.8) is 0 Å². The van der Waals surface area contributed by atoms with Gasteiger partial charge in [0.1, 0.15) is 17.7 Å². The zero-order chi connectivity index (χ0) is 29.5. The van der Waals surface area contributed by atoms with E-state index in [9.17, 15) is 14.4 Å². The normalized spacial score (nSPS) is 13.0. The lowest BCUT2D eigenvalue weighted by molar-refractivity contribution is -0.143. The molecule has 2 rings (SSSR count). The van der Waals surface area contributed by atoms with Crippen LogP contribution >= 0.6 is 11.8 Å². The van der Waals surface area contributed by atoms with Crippen LogP contribution < -0.4 is 10.6 Å². The summed E-state index contributed by atoms with van der Waals surface area (Å²) in [6, 6.07) is 9.64. The van der Waals surface area contributed by atoms with Crippen LogP contribution in [0, 0.1) is 27.7 Å². The molecular weight excluding hydrogens is 510 g/mol. The van der Waals surface area contributed by atoms with Gasteiger partial charge in [0.15, 0.2) is 0 Å². The van der Waals surface area contributed by atoms with Gasteiger partial charge in [-0.1, -0.05) is 42.0 Å². The molecule has 2 N–H and O–H groups in total. The van der Waals surface area contributed by atoms with Crippen molar-refractivity contribution >= 4 is 35.4 Å². The number of nitrogens with one attached hydrogen (secondary N) is 2. The molecule has 0 aliphatic rings. The highest BCUT2D eigenvalue weighted by atomic mass is 32.2. The van der Waals surface area contributed by atoms with Crippen molar-refractivity contribution in [3.05, 3.63) is 64.2 Å². The molecule has 8 heteroatoms. The van der Waals surface area contributed by atoms with Crippen LogP contribution in [-0.4, -0.2) is 52.5 Å². The number of ether oxygens (including phenoxy) is 1. The van der Waals surface area contributed by atoms with Gasteiger partial charge in [-0.3, -0.25) is 9.59 Å². The van der Waals surface area contributed by atoms with E-state index in [2.05, 4.69) is 10.6 Å². The first-order chi connectivity index (χ1) is 18.2. The molecule has 0 saturated carbocycles. The van der Waals surface area contributed by atoms with E-state index in [0.717, 1.165) is 33.5 Å². The second-order valence-electron chi connectivity index (χ2n) is 11.3. The fraction of sp³-hybridized carbons (Fsp3) is 0.516. The van der Waals surface area contributed by atoms with Gasteiger partial charge in [-0.15, -0.1) is 0 Å². The van der Waals surface area contributed by atoms with E-state index in [1.54, 1.807) is 37.4 Å². The molecule has 0 aliphatic carbocycles. The van der Waals surface area contributed by atoms with Crippen LogP contribution in [0.15, 0.2) is 36.4 Å². The third-order valence-corrected chi connectivity index (χ3v) is 7.03. The molecule has 2 unspecified atom stereocenters. The predicted octanol–water partition coefficient (Wildman–Crippen LogP) is 6.48. The number of carbonyl (C=O) groups excluding carboxylic acids is 3. The van der Waals surface area contributed by atoms with Crippen molar-refractivity contribution in [3.8, 4) is 0 Å². The largest absolute Gasteiger partial charge is 0.444 e. The number of nitrogens with zero attached hydrogens (tertiary/aromatic N) is 1. The van der Waals surface area contributed by atoms with Crippen molar-refractivity contribution in [1.29, 1.82) is 0 Å². The van der Waals surface area contributed by atoms with E-state index in [0.29, 0.717) is 12.2 Å². The van der Waals surface area contributed by atoms with Crippen LogP contribution in [0.4, 0.5) is 10.5 Å². The molecule has 0 heterocycles. The molecule has 2 atom stereocenters. The summed E-state index contributed by atoms with van der Waals surface area (Å²) in [6.45, 7) is 17.0. The Labute approximate surface area is 238 Å². The summed E-state index contributed by atoms with van der Waals surface area (Å²) in [6.07, 6.45) is 1.69. The third-order valence-electron chi connectivity index (χ3n) is 6.39. The van der Waals surface area contributed by atoms with E-state index < -0.39 is 23.8 Å². The minimum Gasteiger partial charge on any atom is -0.444 e. The Kier molecular flexibility index (Phi) is 11.5. The van der Waals surface area contributed by atoms with Crippen molar-refractivity contribution in [1.82, 2.24) is 10.2 Å². The van der Waals surface area contributed by atoms with Gasteiger partial charge < -0.3 is 20.3 Å². The number of hydrogen-bond donors (Lipinski definition) is 2. The van der Waals surface area contributed by atoms with Crippen LogP contribution in [-0.2, 0) is 14.3 Å². The van der Waals surface area contributed by atoms with Gasteiger partial charge in [-0.25, -0.2) is 4.79 Å². The van der Waals surface area contributed by atoms with Gasteiger partial charge in [0.2, 0.25) is 5.91 Å². The molecule has 7 nitrogen and oxygen atoms in total. The number of amides is 3. The highest BCUT2D eigenvalue weighted by Gasteiger charge is 2.38. The maximum absolute atomic E-state index is 14.2. The quantitative estimate of drug-likeness (QED) is 0.350. The molecule has 2 aromatic rings. The van der Waals surface area contributed by atoms with E-state index >= 15 is 0 Å². The van der Waals surface area contributed by atoms with E-state index in [-0.39, 0.29) is 17.9 Å². The number of aryl methyl sites for hydroxylation is 4. The fourth-order valence-corrected chi connectivity index (χ4v) is 5.03. The fourth-order valence-electron chi connectivity index (χ4n) is 4.56. The molecule has 0 radical (unpaired) electrons. The molecule has 0 bridgehead atoms. The van der Waals surface area contributed by atoms with Crippen LogP contribution in [0.25, 0.3) is 0 Å². The van der Waals surface area contributed by atoms with Gasteiger partial charge in [0.05, 0.1) is 0 Å². The Morgan fingerprint density at radius 1 is 0.974 bits per heavy atom. The summed E-state index contributed by atoms with van der Waals surface area (Å²) in [4.78, 5) is 42.7. The zero-order valence-electron chi connectivity index (χ0n) is 25.1. The topological polar surface area (TPSA) is 87.7 Å². The SMILES string of the molecule is CSCCC(NC(=O)OC(C)(C)C)C(=O)N(C(C)C)C(C(=O)Nc1c(C)cccc1C)c1ccc(C)cc1C. The monoisotopic (exact) mass is 555 g/mol. The van der Waals surface area contributed by atoms with Crippen LogP contribution in [0.1, 0.15) is 74.9 Å². The molecular formula is C31H45N3O4S. The predicted molar refractivity (Wildman–Crippen MR) is 161 cm³/mol. The van der Waals surface area contributed by atoms with Gasteiger partial charge in [0, 0.05) is 11.7 Å². The third kappa shape index (κ3) is 9.02. The lowest BCUT2D eigenvalue weighted by atomic mass is 9.95. The summed E-state index contributed by atoms with van der Waals surface area (Å²) in [5.74, 6) is 0.0230. The molecule has 0 aromatic heterocycles. The smallest absolute Gasteiger partial charge is 0.408 e. The summed E-state index contributed by atoms with van der Waals surface area (Å²) in [5, 5.41) is 5.90. The highest BCUT2D eigenvalue weighted by molar-refractivity contribution is 7.98. The number of rotatable bonds is 10. The molecule has 39 heavy (non-hydrogen) atoms. The van der Waals surface area contributed by atoms with E-state index in [1.165, 1.54) is 0 Å². The van der Waals surface area contributed by atoms with E-state index in [4.69, 9.17) is 4.74 Å². The first-order valence-electron chi connectivity index (χ1n) is 13.4. The zero-order valence-corrected chi connectivity index (χ0v) is 25.9. The van der Waals surface area contributed by atoms with Gasteiger partial charge in [-0.05, 0) is 103 Å². The maximum Gasteiger partial charge on any atom is 0.408 e. The molecule has 3 amide bonds. The minimum absolute atomic E-state index is 0.303. The molecule has 0 saturated heterocycles. The average Bonchev–Trinajstić information content (AvgIpc) is 2.81. The number of hydrogen-bond acceptors (Lipinski definition) is 5. The molecule has 214 valence electrons. The van der Waals surface area contributed by atoms with Gasteiger partial charge in [0.25, 0.3) is 5.91 Å². The summed E-state index contributed by atoms with van der Waals surface area (Å²) in [7, 11) is 0. The Morgan fingerprint density at radius 2 is 1.59 bits per heavy atom. The van der Waals surface area contributed by atoms with Crippen molar-refractivity contribution in [2.45, 2.75) is 92.5 Å². The van der Waals surface area contributed by atoms with Crippen LogP contribution in [0.3, 0.4) is 0 Å². The molecule has 0 fully saturated rings. The first kappa shape index (κ1) is 32.2. The number of benzene rings is 2. The van der Waals surface area contributed by atoms with Crippen molar-refractivity contribution in [2.24, 2.45) is 0 Å². The maximum atomic E-state index is 14.2. The Morgan fingerprint density at radius 3 is 2.10 bits per heavy atom. The van der Waals surface area contributed by atoms with Gasteiger partial charge in [-0.2, -0.15) is 11.8 Å². The second-order valence-corrected chi connectivity index (χ2v) is 12.3. The molecule has 2 aromatic carbocycles. The Balaban J connectivity index is 2.59. The first-order valence-corrected chi connectivity index (χ1v) is 14.8. The number of para-hydroxylation sites is 1. The standard InChI is InChI=1S/C31H45N3O4S/c1-19(2)34(29(36)25(16-17-39-10)32-30(37)38-31(7,8)9)27(24-15-14-20(3)18-23(24)6)28(35)33-26-21(4)12-11-13-22(26)5/h11-15,18-19,25,27H,16-17H2,1-10H3,(H,32,37)(H,33,35). The number of thioether (sulfide) groups is 1. The number of anilines is 1. The van der Waals surface area contributed by atoms with Crippen LogP contribution in [0.5, 0.6) is 0 Å². The second kappa shape index (κ2) is 13.9. The van der Waals surface area contributed by atoms with Crippen molar-refractivity contribution < 1.29 is 19.1 Å². The molecule has 0 spiro atoms. The highest BCUT2D eigenvalue weighted by Crippen LogP contribution is 2.31.